The van der Waals surface area contributed by atoms with E-state index in [1.165, 1.54) is 0 Å². The molecule has 0 unspecified atom stereocenters. The minimum absolute atomic E-state index is 0.814. The number of furan rings is 2. The molecule has 0 radical (unpaired) electrons. The largest absolute Gasteiger partial charge is 0.455 e. The van der Waals surface area contributed by atoms with Crippen LogP contribution in [0.1, 0.15) is 0 Å². The Bertz CT molecular complexity index is 2350. The van der Waals surface area contributed by atoms with Gasteiger partial charge in [0.05, 0.1) is 11.4 Å². The van der Waals surface area contributed by atoms with Gasteiger partial charge in [-0.15, -0.1) is 0 Å². The van der Waals surface area contributed by atoms with Crippen molar-refractivity contribution >= 4 is 21.9 Å². The Morgan fingerprint density at radius 3 is 1.06 bits per heavy atom. The molecule has 9 aromatic rings. The maximum absolute atomic E-state index is 6.80. The van der Waals surface area contributed by atoms with Crippen LogP contribution in [-0.2, 0) is 0 Å². The van der Waals surface area contributed by atoms with Gasteiger partial charge in [0.1, 0.15) is 22.7 Å². The molecule has 0 aliphatic carbocycles. The Morgan fingerprint density at radius 2 is 0.667 bits per heavy atom. The summed E-state index contributed by atoms with van der Waals surface area (Å²) in [6.07, 6.45) is 0. The fraction of sp³-hybridized carbons (Fsp3) is 0. The van der Waals surface area contributed by atoms with Crippen molar-refractivity contribution in [2.24, 2.45) is 0 Å². The third-order valence-corrected chi connectivity index (χ3v) is 8.93. The van der Waals surface area contributed by atoms with Crippen molar-refractivity contribution < 1.29 is 8.83 Å². The first-order chi connectivity index (χ1) is 23.8. The molecule has 0 spiro atoms. The highest BCUT2D eigenvalue weighted by atomic mass is 16.3. The summed E-state index contributed by atoms with van der Waals surface area (Å²) < 4.78 is 13.6. The monoisotopic (exact) mass is 615 g/mol. The number of rotatable bonds is 6. The Hall–Kier alpha value is -6.45. The van der Waals surface area contributed by atoms with E-state index in [0.717, 1.165) is 89.4 Å². The van der Waals surface area contributed by atoms with Crippen LogP contribution >= 0.6 is 0 Å². The Morgan fingerprint density at radius 1 is 0.312 bits per heavy atom. The molecule has 0 fully saturated rings. The first-order valence-corrected chi connectivity index (χ1v) is 16.1. The molecule has 0 aliphatic heterocycles. The summed E-state index contributed by atoms with van der Waals surface area (Å²) in [5.41, 5.74) is 11.6. The molecule has 226 valence electrons. The molecule has 0 amide bonds. The van der Waals surface area contributed by atoms with E-state index in [4.69, 9.17) is 13.8 Å². The lowest BCUT2D eigenvalue weighted by atomic mass is 9.96. The van der Waals surface area contributed by atoms with Gasteiger partial charge in [-0.3, -0.25) is 0 Å². The number of nitrogens with zero attached hydrogens (tertiary/aromatic N) is 1. The van der Waals surface area contributed by atoms with Crippen LogP contribution in [-0.4, -0.2) is 4.98 Å². The van der Waals surface area contributed by atoms with E-state index in [2.05, 4.69) is 127 Å². The molecule has 48 heavy (non-hydrogen) atoms. The summed E-state index contributed by atoms with van der Waals surface area (Å²) in [5, 5.41) is 2.11. The van der Waals surface area contributed by atoms with Crippen LogP contribution in [0.2, 0.25) is 0 Å². The topological polar surface area (TPSA) is 39.2 Å². The van der Waals surface area contributed by atoms with Gasteiger partial charge in [0, 0.05) is 44.2 Å². The zero-order valence-electron chi connectivity index (χ0n) is 26.0. The second-order valence-electron chi connectivity index (χ2n) is 11.8. The van der Waals surface area contributed by atoms with Gasteiger partial charge < -0.3 is 8.83 Å². The molecular weight excluding hydrogens is 587 g/mol. The van der Waals surface area contributed by atoms with Gasteiger partial charge in [0.2, 0.25) is 0 Å². The van der Waals surface area contributed by atoms with Crippen LogP contribution in [0.3, 0.4) is 0 Å². The number of pyridine rings is 1. The van der Waals surface area contributed by atoms with E-state index >= 15 is 0 Å². The minimum Gasteiger partial charge on any atom is -0.455 e. The molecule has 6 aromatic carbocycles. The lowest BCUT2D eigenvalue weighted by molar-refractivity contribution is 0.633. The highest BCUT2D eigenvalue weighted by Gasteiger charge is 2.23. The fourth-order valence-corrected chi connectivity index (χ4v) is 6.75. The molecular formula is C45H29NO2. The number of hydrogen-bond acceptors (Lipinski definition) is 3. The average molecular weight is 616 g/mol. The summed E-state index contributed by atoms with van der Waals surface area (Å²) in [5.74, 6) is 1.70. The van der Waals surface area contributed by atoms with Crippen molar-refractivity contribution in [2.45, 2.75) is 0 Å². The van der Waals surface area contributed by atoms with Gasteiger partial charge in [-0.25, -0.2) is 4.98 Å². The fourth-order valence-electron chi connectivity index (χ4n) is 6.75. The molecule has 0 saturated heterocycles. The molecule has 3 heterocycles. The highest BCUT2D eigenvalue weighted by molar-refractivity contribution is 6.08. The number of benzene rings is 6. The molecule has 3 aromatic heterocycles. The number of aromatic nitrogens is 1. The van der Waals surface area contributed by atoms with Gasteiger partial charge in [-0.1, -0.05) is 152 Å². The standard InChI is InChI=1S/C45H29NO2/c1-5-16-30(17-6-1)40-36-26-13-24-34(44(36)47-42(40)32-20-9-3-10-21-32)38-28-15-29-39(46-38)35-25-14-27-37-41(31-18-7-2-8-19-31)43(48-45(35)37)33-22-11-4-12-23-33/h1-29H. The minimum atomic E-state index is 0.814. The Kier molecular flexibility index (Phi) is 6.80. The maximum Gasteiger partial charge on any atom is 0.144 e. The lowest BCUT2D eigenvalue weighted by Gasteiger charge is -2.07. The zero-order valence-corrected chi connectivity index (χ0v) is 26.0. The maximum atomic E-state index is 6.80. The van der Waals surface area contributed by atoms with Crippen LogP contribution in [0.15, 0.2) is 185 Å². The molecule has 9 rings (SSSR count). The molecule has 3 heteroatoms. The smallest absolute Gasteiger partial charge is 0.144 e. The van der Waals surface area contributed by atoms with E-state index in [0.29, 0.717) is 0 Å². The van der Waals surface area contributed by atoms with Crippen LogP contribution < -0.4 is 0 Å². The molecule has 3 nitrogen and oxygen atoms in total. The Balaban J connectivity index is 1.23. The molecule has 0 saturated carbocycles. The number of para-hydroxylation sites is 2. The number of fused-ring (bicyclic) bond motifs is 2. The van der Waals surface area contributed by atoms with Crippen LogP contribution in [0.4, 0.5) is 0 Å². The van der Waals surface area contributed by atoms with Gasteiger partial charge in [-0.05, 0) is 35.4 Å². The van der Waals surface area contributed by atoms with E-state index in [1.54, 1.807) is 0 Å². The summed E-state index contributed by atoms with van der Waals surface area (Å²) in [6, 6.07) is 60.4. The average Bonchev–Trinajstić information content (AvgIpc) is 3.76. The third kappa shape index (κ3) is 4.72. The molecule has 0 atom stereocenters. The summed E-state index contributed by atoms with van der Waals surface area (Å²) in [7, 11) is 0. The van der Waals surface area contributed by atoms with E-state index in [1.807, 2.05) is 48.5 Å². The third-order valence-electron chi connectivity index (χ3n) is 8.93. The molecule has 0 bridgehead atoms. The van der Waals surface area contributed by atoms with E-state index in [-0.39, 0.29) is 0 Å². The van der Waals surface area contributed by atoms with Crippen molar-refractivity contribution in [3.8, 4) is 67.4 Å². The summed E-state index contributed by atoms with van der Waals surface area (Å²) in [4.78, 5) is 5.26. The summed E-state index contributed by atoms with van der Waals surface area (Å²) in [6.45, 7) is 0. The highest BCUT2D eigenvalue weighted by Crippen LogP contribution is 2.46. The van der Waals surface area contributed by atoms with Crippen molar-refractivity contribution in [3.05, 3.63) is 176 Å². The zero-order chi connectivity index (χ0) is 31.9. The molecule has 0 N–H and O–H groups in total. The quantitative estimate of drug-likeness (QED) is 0.187. The van der Waals surface area contributed by atoms with Crippen LogP contribution in [0.25, 0.3) is 89.4 Å². The second kappa shape index (κ2) is 11.7. The normalized spacial score (nSPS) is 11.3. The predicted octanol–water partition coefficient (Wildman–Crippen LogP) is 12.6. The van der Waals surface area contributed by atoms with Crippen molar-refractivity contribution in [1.29, 1.82) is 0 Å². The Labute approximate surface area is 278 Å². The van der Waals surface area contributed by atoms with Crippen LogP contribution in [0.5, 0.6) is 0 Å². The van der Waals surface area contributed by atoms with E-state index in [9.17, 15) is 0 Å². The first-order valence-electron chi connectivity index (χ1n) is 16.1. The lowest BCUT2D eigenvalue weighted by Crippen LogP contribution is -1.89. The van der Waals surface area contributed by atoms with Crippen molar-refractivity contribution in [2.75, 3.05) is 0 Å². The van der Waals surface area contributed by atoms with Crippen molar-refractivity contribution in [1.82, 2.24) is 4.98 Å². The van der Waals surface area contributed by atoms with Crippen LogP contribution in [0, 0.1) is 0 Å². The van der Waals surface area contributed by atoms with Gasteiger partial charge in [-0.2, -0.15) is 0 Å². The van der Waals surface area contributed by atoms with E-state index < -0.39 is 0 Å². The van der Waals surface area contributed by atoms with Gasteiger partial charge in [0.15, 0.2) is 0 Å². The van der Waals surface area contributed by atoms with Gasteiger partial charge in [0.25, 0.3) is 0 Å². The SMILES string of the molecule is c1ccc(-c2oc3c(-c4cccc(-c5cccc6c(-c7ccccc7)c(-c7ccccc7)oc56)n4)cccc3c2-c2ccccc2)cc1. The second-order valence-corrected chi connectivity index (χ2v) is 11.8. The van der Waals surface area contributed by atoms with Gasteiger partial charge >= 0.3 is 0 Å². The van der Waals surface area contributed by atoms with Crippen molar-refractivity contribution in [3.63, 3.8) is 0 Å². The summed E-state index contributed by atoms with van der Waals surface area (Å²) >= 11 is 0. The number of hydrogen-bond donors (Lipinski definition) is 0. The first kappa shape index (κ1) is 27.8. The predicted molar refractivity (Wildman–Crippen MR) is 196 cm³/mol. The molecule has 0 aliphatic rings.